The Kier molecular flexibility index (Phi) is 4.42. The molecule has 2 atom stereocenters. The van der Waals surface area contributed by atoms with E-state index in [-0.39, 0.29) is 24.0 Å². The number of hydrogen-bond acceptors (Lipinski definition) is 4. The van der Waals surface area contributed by atoms with E-state index in [4.69, 9.17) is 11.6 Å². The van der Waals surface area contributed by atoms with Crippen LogP contribution in [-0.2, 0) is 7.05 Å². The molecule has 0 aromatic carbocycles. The summed E-state index contributed by atoms with van der Waals surface area (Å²) in [4.78, 5) is 17.1. The van der Waals surface area contributed by atoms with Gasteiger partial charge in [0.1, 0.15) is 5.69 Å². The average Bonchev–Trinajstić information content (AvgIpc) is 2.79. The number of aliphatic hydroxyl groups excluding tert-OH is 1. The van der Waals surface area contributed by atoms with Crippen molar-refractivity contribution in [2.24, 2.45) is 12.5 Å². The van der Waals surface area contributed by atoms with E-state index in [2.05, 4.69) is 17.0 Å². The fourth-order valence-electron chi connectivity index (χ4n) is 4.22. The van der Waals surface area contributed by atoms with E-state index < -0.39 is 0 Å². The third-order valence-electron chi connectivity index (χ3n) is 5.65. The smallest absolute Gasteiger partial charge is 0.273 e. The molecule has 1 N–H and O–H groups in total. The van der Waals surface area contributed by atoms with Crippen molar-refractivity contribution in [2.75, 3.05) is 33.3 Å². The number of aliphatic hydroxyl groups is 1. The molecule has 3 rings (SSSR count). The second-order valence-electron chi connectivity index (χ2n) is 6.99. The highest BCUT2D eigenvalue weighted by atomic mass is 35.5. The maximum Gasteiger partial charge on any atom is 0.273 e. The Labute approximate surface area is 142 Å². The average molecular weight is 341 g/mol. The number of likely N-dealkylation sites (N-methyl/N-ethyl adjacent to an activating group) is 1. The van der Waals surface area contributed by atoms with Crippen LogP contribution in [0, 0.1) is 12.3 Å². The molecule has 2 aliphatic heterocycles. The largest absolute Gasteiger partial charge is 0.396 e. The highest BCUT2D eigenvalue weighted by molar-refractivity contribution is 6.34. The number of likely N-dealkylation sites (tertiary alicyclic amines) is 2. The number of aryl methyl sites for hydroxylation is 2. The lowest BCUT2D eigenvalue weighted by Crippen LogP contribution is -2.62. The molecule has 23 heavy (non-hydrogen) atoms. The number of halogens is 1. The van der Waals surface area contributed by atoms with Crippen LogP contribution < -0.4 is 0 Å². The Morgan fingerprint density at radius 1 is 1.39 bits per heavy atom. The summed E-state index contributed by atoms with van der Waals surface area (Å²) in [5.74, 6) is -0.0661. The van der Waals surface area contributed by atoms with Gasteiger partial charge in [-0.1, -0.05) is 11.6 Å². The first-order valence-electron chi connectivity index (χ1n) is 8.19. The predicted molar refractivity (Wildman–Crippen MR) is 88.6 cm³/mol. The second-order valence-corrected chi connectivity index (χ2v) is 7.37. The normalized spacial score (nSPS) is 28.7. The molecule has 6 nitrogen and oxygen atoms in total. The molecule has 0 spiro atoms. The predicted octanol–water partition coefficient (Wildman–Crippen LogP) is 1.30. The van der Waals surface area contributed by atoms with E-state index in [0.29, 0.717) is 29.5 Å². The monoisotopic (exact) mass is 340 g/mol. The first kappa shape index (κ1) is 16.7. The number of amides is 1. The molecule has 1 aromatic heterocycles. The summed E-state index contributed by atoms with van der Waals surface area (Å²) in [7, 11) is 3.84. The maximum atomic E-state index is 12.9. The van der Waals surface area contributed by atoms with Gasteiger partial charge in [-0.15, -0.1) is 0 Å². The summed E-state index contributed by atoms with van der Waals surface area (Å²) in [5.41, 5.74) is 1.06. The van der Waals surface area contributed by atoms with Gasteiger partial charge in [0, 0.05) is 31.6 Å². The van der Waals surface area contributed by atoms with E-state index >= 15 is 0 Å². The number of aromatic nitrogens is 2. The van der Waals surface area contributed by atoms with Crippen molar-refractivity contribution in [2.45, 2.75) is 32.2 Å². The molecular weight excluding hydrogens is 316 g/mol. The first-order chi connectivity index (χ1) is 10.9. The molecule has 2 fully saturated rings. The standard InChI is InChI=1S/C16H25ClN4O2/c1-11-13(17)14(20(3)18-11)15(23)21-8-6-16(10-22)5-4-7-19(2)12(16)9-21/h12,22H,4-10H2,1-3H3/t12-,16-/m1/s1. The lowest BCUT2D eigenvalue weighted by atomic mass is 9.69. The lowest BCUT2D eigenvalue weighted by molar-refractivity contribution is -0.0602. The Balaban J connectivity index is 1.84. The molecule has 1 amide bonds. The van der Waals surface area contributed by atoms with Crippen LogP contribution in [-0.4, -0.2) is 69.9 Å². The van der Waals surface area contributed by atoms with Gasteiger partial charge in [-0.05, 0) is 39.8 Å². The van der Waals surface area contributed by atoms with Gasteiger partial charge in [0.15, 0.2) is 0 Å². The third kappa shape index (κ3) is 2.66. The third-order valence-corrected chi connectivity index (χ3v) is 6.10. The van der Waals surface area contributed by atoms with E-state index in [1.807, 2.05) is 4.90 Å². The minimum absolute atomic E-state index is 0.0661. The zero-order chi connectivity index (χ0) is 16.8. The zero-order valence-corrected chi connectivity index (χ0v) is 14.8. The molecule has 2 aliphatic rings. The van der Waals surface area contributed by atoms with Gasteiger partial charge >= 0.3 is 0 Å². The van der Waals surface area contributed by atoms with Gasteiger partial charge in [0.05, 0.1) is 17.3 Å². The van der Waals surface area contributed by atoms with Gasteiger partial charge in [-0.3, -0.25) is 9.48 Å². The van der Waals surface area contributed by atoms with Gasteiger partial charge in [0.2, 0.25) is 0 Å². The fourth-order valence-corrected chi connectivity index (χ4v) is 4.46. The van der Waals surface area contributed by atoms with Crippen LogP contribution in [0.25, 0.3) is 0 Å². The Morgan fingerprint density at radius 3 is 2.74 bits per heavy atom. The number of rotatable bonds is 2. The molecule has 2 saturated heterocycles. The van der Waals surface area contributed by atoms with Crippen LogP contribution in [0.1, 0.15) is 35.4 Å². The molecule has 3 heterocycles. The minimum atomic E-state index is -0.0735. The quantitative estimate of drug-likeness (QED) is 0.881. The molecule has 0 aliphatic carbocycles. The van der Waals surface area contributed by atoms with E-state index in [1.165, 1.54) is 0 Å². The number of carbonyl (C=O) groups excluding carboxylic acids is 1. The van der Waals surface area contributed by atoms with Crippen LogP contribution in [0.2, 0.25) is 5.02 Å². The number of nitrogens with zero attached hydrogens (tertiary/aromatic N) is 4. The lowest BCUT2D eigenvalue weighted by Gasteiger charge is -2.53. The van der Waals surface area contributed by atoms with Crippen molar-refractivity contribution < 1.29 is 9.90 Å². The van der Waals surface area contributed by atoms with Crippen molar-refractivity contribution in [3.8, 4) is 0 Å². The summed E-state index contributed by atoms with van der Waals surface area (Å²) in [6.07, 6.45) is 2.97. The van der Waals surface area contributed by atoms with Crippen LogP contribution in [0.5, 0.6) is 0 Å². The van der Waals surface area contributed by atoms with Crippen molar-refractivity contribution in [1.29, 1.82) is 0 Å². The molecule has 0 saturated carbocycles. The minimum Gasteiger partial charge on any atom is -0.396 e. The zero-order valence-electron chi connectivity index (χ0n) is 14.0. The molecule has 0 radical (unpaired) electrons. The molecule has 7 heteroatoms. The van der Waals surface area contributed by atoms with Crippen LogP contribution in [0.3, 0.4) is 0 Å². The van der Waals surface area contributed by atoms with Gasteiger partial charge in [-0.25, -0.2) is 0 Å². The summed E-state index contributed by atoms with van der Waals surface area (Å²) < 4.78 is 1.57. The summed E-state index contributed by atoms with van der Waals surface area (Å²) >= 11 is 6.27. The molecular formula is C16H25ClN4O2. The highest BCUT2D eigenvalue weighted by Crippen LogP contribution is 2.41. The maximum absolute atomic E-state index is 12.9. The van der Waals surface area contributed by atoms with Gasteiger partial charge < -0.3 is 14.9 Å². The first-order valence-corrected chi connectivity index (χ1v) is 8.57. The molecule has 128 valence electrons. The molecule has 1 aromatic rings. The molecule has 0 bridgehead atoms. The topological polar surface area (TPSA) is 61.6 Å². The summed E-state index contributed by atoms with van der Waals surface area (Å²) in [6, 6.07) is 0.201. The SMILES string of the molecule is Cc1nn(C)c(C(=O)N2CC[C@@]3(CO)CCCN(C)[C@@H]3C2)c1Cl. The van der Waals surface area contributed by atoms with Gasteiger partial charge in [0.25, 0.3) is 5.91 Å². The Hall–Kier alpha value is -1.11. The number of carbonyl (C=O) groups is 1. The van der Waals surface area contributed by atoms with E-state index in [9.17, 15) is 9.90 Å². The Morgan fingerprint density at radius 2 is 2.13 bits per heavy atom. The van der Waals surface area contributed by atoms with Crippen LogP contribution >= 0.6 is 11.6 Å². The number of fused-ring (bicyclic) bond motifs is 1. The molecule has 0 unspecified atom stereocenters. The Bertz CT molecular complexity index is 617. The van der Waals surface area contributed by atoms with Crippen molar-refractivity contribution in [3.05, 3.63) is 16.4 Å². The number of piperidine rings is 2. The van der Waals surface area contributed by atoms with Crippen molar-refractivity contribution in [3.63, 3.8) is 0 Å². The van der Waals surface area contributed by atoms with Crippen LogP contribution in [0.15, 0.2) is 0 Å². The van der Waals surface area contributed by atoms with E-state index in [0.717, 1.165) is 25.8 Å². The highest BCUT2D eigenvalue weighted by Gasteiger charge is 2.47. The summed E-state index contributed by atoms with van der Waals surface area (Å²) in [6.45, 7) is 4.30. The second kappa shape index (κ2) is 6.07. The summed E-state index contributed by atoms with van der Waals surface area (Å²) in [5, 5.41) is 14.6. The van der Waals surface area contributed by atoms with Crippen molar-refractivity contribution >= 4 is 17.5 Å². The fraction of sp³-hybridized carbons (Fsp3) is 0.750. The van der Waals surface area contributed by atoms with Gasteiger partial charge in [-0.2, -0.15) is 5.10 Å². The van der Waals surface area contributed by atoms with Crippen molar-refractivity contribution in [1.82, 2.24) is 19.6 Å². The van der Waals surface area contributed by atoms with Crippen LogP contribution in [0.4, 0.5) is 0 Å². The number of hydrogen-bond donors (Lipinski definition) is 1. The van der Waals surface area contributed by atoms with E-state index in [1.54, 1.807) is 18.7 Å².